The quantitative estimate of drug-likeness (QED) is 0.750. The van der Waals surface area contributed by atoms with Crippen molar-refractivity contribution in [2.45, 2.75) is 0 Å². The third-order valence-corrected chi connectivity index (χ3v) is 2.23. The minimum atomic E-state index is -0.981. The summed E-state index contributed by atoms with van der Waals surface area (Å²) in [5, 5.41) is 18.0. The predicted molar refractivity (Wildman–Crippen MR) is 59.9 cm³/mol. The Labute approximate surface area is 91.4 Å². The monoisotopic (exact) mass is 212 g/mol. The highest BCUT2D eigenvalue weighted by Gasteiger charge is 2.06. The van der Waals surface area contributed by atoms with Crippen molar-refractivity contribution in [1.82, 2.24) is 4.98 Å². The van der Waals surface area contributed by atoms with Crippen molar-refractivity contribution in [2.24, 2.45) is 0 Å². The summed E-state index contributed by atoms with van der Waals surface area (Å²) in [5.41, 5.74) is 1.80. The molecule has 0 spiro atoms. The molecule has 4 nitrogen and oxygen atoms in total. The molecule has 0 saturated heterocycles. The molecular formula is C12H8N2O2. The van der Waals surface area contributed by atoms with Gasteiger partial charge in [0, 0.05) is 17.0 Å². The number of aromatic carboxylic acids is 1. The molecule has 1 heterocycles. The first kappa shape index (κ1) is 9.99. The number of aromatic amines is 1. The molecule has 16 heavy (non-hydrogen) atoms. The van der Waals surface area contributed by atoms with Gasteiger partial charge in [-0.1, -0.05) is 6.07 Å². The lowest BCUT2D eigenvalue weighted by Gasteiger charge is -1.92. The number of rotatable bonds is 2. The molecule has 0 saturated carbocycles. The van der Waals surface area contributed by atoms with E-state index in [9.17, 15) is 4.79 Å². The van der Waals surface area contributed by atoms with Crippen LogP contribution in [0.15, 0.2) is 30.3 Å². The van der Waals surface area contributed by atoms with Crippen LogP contribution in [0.2, 0.25) is 0 Å². The summed E-state index contributed by atoms with van der Waals surface area (Å²) in [5.74, 6) is -0.981. The van der Waals surface area contributed by atoms with E-state index in [0.717, 1.165) is 16.5 Å². The molecule has 0 aliphatic rings. The van der Waals surface area contributed by atoms with E-state index in [1.165, 1.54) is 6.08 Å². The summed E-state index contributed by atoms with van der Waals surface area (Å²) in [4.78, 5) is 13.5. The molecule has 0 aliphatic heterocycles. The van der Waals surface area contributed by atoms with E-state index < -0.39 is 5.97 Å². The molecule has 0 radical (unpaired) electrons. The van der Waals surface area contributed by atoms with E-state index in [2.05, 4.69) is 4.98 Å². The highest BCUT2D eigenvalue weighted by atomic mass is 16.4. The number of H-pyrrole nitrogens is 1. The summed E-state index contributed by atoms with van der Waals surface area (Å²) in [7, 11) is 0. The second kappa shape index (κ2) is 3.91. The lowest BCUT2D eigenvalue weighted by Crippen LogP contribution is -1.94. The second-order valence-electron chi connectivity index (χ2n) is 3.30. The van der Waals surface area contributed by atoms with Crippen LogP contribution in [0.4, 0.5) is 0 Å². The number of nitrogens with one attached hydrogen (secondary N) is 1. The van der Waals surface area contributed by atoms with Crippen molar-refractivity contribution in [2.75, 3.05) is 0 Å². The number of fused-ring (bicyclic) bond motifs is 1. The fraction of sp³-hybridized carbons (Fsp3) is 0. The SMILES string of the molecule is N#CC=Cc1ccc2[nH]c(C(=O)O)cc2c1. The van der Waals surface area contributed by atoms with Crippen molar-refractivity contribution in [3.05, 3.63) is 41.6 Å². The van der Waals surface area contributed by atoms with Gasteiger partial charge >= 0.3 is 5.97 Å². The van der Waals surface area contributed by atoms with Crippen LogP contribution in [-0.4, -0.2) is 16.1 Å². The Kier molecular flexibility index (Phi) is 2.44. The van der Waals surface area contributed by atoms with E-state index in [4.69, 9.17) is 10.4 Å². The summed E-state index contributed by atoms with van der Waals surface area (Å²) < 4.78 is 0. The Morgan fingerprint density at radius 1 is 1.44 bits per heavy atom. The molecule has 1 aromatic carbocycles. The average Bonchev–Trinajstić information content (AvgIpc) is 2.69. The molecule has 0 amide bonds. The Morgan fingerprint density at radius 3 is 2.94 bits per heavy atom. The van der Waals surface area contributed by atoms with Crippen molar-refractivity contribution in [1.29, 1.82) is 5.26 Å². The van der Waals surface area contributed by atoms with E-state index in [-0.39, 0.29) is 5.69 Å². The molecule has 2 N–H and O–H groups in total. The zero-order valence-electron chi connectivity index (χ0n) is 8.27. The lowest BCUT2D eigenvalue weighted by molar-refractivity contribution is 0.0691. The first-order chi connectivity index (χ1) is 7.70. The van der Waals surface area contributed by atoms with Crippen LogP contribution in [0.3, 0.4) is 0 Å². The maximum Gasteiger partial charge on any atom is 0.352 e. The maximum atomic E-state index is 10.7. The summed E-state index contributed by atoms with van der Waals surface area (Å²) in [6.07, 6.45) is 3.05. The smallest absolute Gasteiger partial charge is 0.352 e. The zero-order valence-corrected chi connectivity index (χ0v) is 8.27. The van der Waals surface area contributed by atoms with Gasteiger partial charge < -0.3 is 10.1 Å². The number of carboxylic acid groups (broad SMARTS) is 1. The van der Waals surface area contributed by atoms with Crippen molar-refractivity contribution < 1.29 is 9.90 Å². The molecule has 0 aliphatic carbocycles. The number of hydrogen-bond acceptors (Lipinski definition) is 2. The van der Waals surface area contributed by atoms with Gasteiger partial charge in [-0.2, -0.15) is 5.26 Å². The molecule has 0 unspecified atom stereocenters. The van der Waals surface area contributed by atoms with E-state index in [1.54, 1.807) is 18.2 Å². The number of aromatic nitrogens is 1. The van der Waals surface area contributed by atoms with Gasteiger partial charge in [0.2, 0.25) is 0 Å². The van der Waals surface area contributed by atoms with E-state index >= 15 is 0 Å². The van der Waals surface area contributed by atoms with Crippen LogP contribution in [0.5, 0.6) is 0 Å². The van der Waals surface area contributed by atoms with Crippen LogP contribution >= 0.6 is 0 Å². The van der Waals surface area contributed by atoms with Crippen LogP contribution in [0.1, 0.15) is 16.1 Å². The molecule has 78 valence electrons. The number of allylic oxidation sites excluding steroid dienone is 1. The standard InChI is InChI=1S/C12H8N2O2/c13-5-1-2-8-3-4-10-9(6-8)7-11(14-10)12(15)16/h1-4,6-7,14H,(H,15,16). The number of nitrogens with zero attached hydrogens (tertiary/aromatic N) is 1. The molecule has 2 rings (SSSR count). The number of carboxylic acids is 1. The normalized spacial score (nSPS) is 10.7. The first-order valence-corrected chi connectivity index (χ1v) is 4.63. The molecular weight excluding hydrogens is 204 g/mol. The molecule has 0 atom stereocenters. The second-order valence-corrected chi connectivity index (χ2v) is 3.30. The topological polar surface area (TPSA) is 76.9 Å². The zero-order chi connectivity index (χ0) is 11.5. The summed E-state index contributed by atoms with van der Waals surface area (Å²) >= 11 is 0. The van der Waals surface area contributed by atoms with Gasteiger partial charge in [0.1, 0.15) is 5.69 Å². The first-order valence-electron chi connectivity index (χ1n) is 4.63. The largest absolute Gasteiger partial charge is 0.477 e. The minimum absolute atomic E-state index is 0.163. The van der Waals surface area contributed by atoms with Gasteiger partial charge in [-0.05, 0) is 29.8 Å². The minimum Gasteiger partial charge on any atom is -0.477 e. The van der Waals surface area contributed by atoms with Crippen LogP contribution in [0, 0.1) is 11.3 Å². The van der Waals surface area contributed by atoms with Gasteiger partial charge in [0.25, 0.3) is 0 Å². The summed E-state index contributed by atoms with van der Waals surface area (Å²) in [6, 6.07) is 8.91. The van der Waals surface area contributed by atoms with Gasteiger partial charge in [0.05, 0.1) is 6.07 Å². The van der Waals surface area contributed by atoms with Gasteiger partial charge in [-0.25, -0.2) is 4.79 Å². The molecule has 0 bridgehead atoms. The fourth-order valence-electron chi connectivity index (χ4n) is 1.50. The molecule has 4 heteroatoms. The summed E-state index contributed by atoms with van der Waals surface area (Å²) in [6.45, 7) is 0. The maximum absolute atomic E-state index is 10.7. The predicted octanol–water partition coefficient (Wildman–Crippen LogP) is 2.40. The Balaban J connectivity index is 2.50. The number of benzene rings is 1. The molecule has 2 aromatic rings. The van der Waals surface area contributed by atoms with Crippen LogP contribution in [-0.2, 0) is 0 Å². The number of nitriles is 1. The fourth-order valence-corrected chi connectivity index (χ4v) is 1.50. The molecule has 1 aromatic heterocycles. The lowest BCUT2D eigenvalue weighted by atomic mass is 10.1. The number of carbonyl (C=O) groups is 1. The Bertz CT molecular complexity index is 617. The van der Waals surface area contributed by atoms with Crippen LogP contribution < -0.4 is 0 Å². The highest BCUT2D eigenvalue weighted by molar-refractivity contribution is 5.94. The van der Waals surface area contributed by atoms with Crippen molar-refractivity contribution in [3.63, 3.8) is 0 Å². The Morgan fingerprint density at radius 2 is 2.25 bits per heavy atom. The third kappa shape index (κ3) is 1.79. The van der Waals surface area contributed by atoms with E-state index in [0.29, 0.717) is 0 Å². The molecule has 0 fully saturated rings. The van der Waals surface area contributed by atoms with Crippen LogP contribution in [0.25, 0.3) is 17.0 Å². The average molecular weight is 212 g/mol. The van der Waals surface area contributed by atoms with Gasteiger partial charge in [-0.15, -0.1) is 0 Å². The van der Waals surface area contributed by atoms with Crippen molar-refractivity contribution >= 4 is 22.9 Å². The van der Waals surface area contributed by atoms with E-state index in [1.807, 2.05) is 18.2 Å². The third-order valence-electron chi connectivity index (χ3n) is 2.23. The van der Waals surface area contributed by atoms with Crippen molar-refractivity contribution in [3.8, 4) is 6.07 Å². The Hall–Kier alpha value is -2.54. The number of hydrogen-bond donors (Lipinski definition) is 2. The highest BCUT2D eigenvalue weighted by Crippen LogP contribution is 2.18. The van der Waals surface area contributed by atoms with Gasteiger partial charge in [0.15, 0.2) is 0 Å². The van der Waals surface area contributed by atoms with Gasteiger partial charge in [-0.3, -0.25) is 0 Å².